The summed E-state index contributed by atoms with van der Waals surface area (Å²) < 4.78 is 5.54. The lowest BCUT2D eigenvalue weighted by molar-refractivity contribution is 0.410. The van der Waals surface area contributed by atoms with Gasteiger partial charge >= 0.3 is 0 Å². The molecule has 1 aromatic heterocycles. The van der Waals surface area contributed by atoms with Gasteiger partial charge in [0.25, 0.3) is 0 Å². The summed E-state index contributed by atoms with van der Waals surface area (Å²) in [7, 11) is 1.69. The van der Waals surface area contributed by atoms with Crippen LogP contribution in [0.1, 0.15) is 43.0 Å². The van der Waals surface area contributed by atoms with Crippen molar-refractivity contribution >= 4 is 11.8 Å². The number of anilines is 2. The summed E-state index contributed by atoms with van der Waals surface area (Å²) in [5.74, 6) is 1.96. The molecular weight excluding hydrogens is 356 g/mol. The van der Waals surface area contributed by atoms with E-state index in [1.54, 1.807) is 7.11 Å². The fourth-order valence-corrected chi connectivity index (χ4v) is 3.22. The van der Waals surface area contributed by atoms with E-state index in [0.717, 1.165) is 60.6 Å². The van der Waals surface area contributed by atoms with Gasteiger partial charge in [-0.05, 0) is 30.9 Å². The van der Waals surface area contributed by atoms with Crippen molar-refractivity contribution in [1.82, 2.24) is 31.9 Å². The number of ether oxygens (including phenoxy) is 1. The highest BCUT2D eigenvalue weighted by atomic mass is 16.5. The first-order chi connectivity index (χ1) is 13.7. The molecule has 0 amide bonds. The number of aryl methyl sites for hydroxylation is 1. The highest BCUT2D eigenvalue weighted by Crippen LogP contribution is 2.27. The van der Waals surface area contributed by atoms with Gasteiger partial charge in [-0.15, -0.1) is 0 Å². The van der Waals surface area contributed by atoms with E-state index in [1.807, 2.05) is 18.2 Å². The Hall–Kier alpha value is -2.46. The number of nitrogen functional groups attached to an aromatic ring is 1. The smallest absolute Gasteiger partial charge is 0.222 e. The molecule has 1 aliphatic rings. The van der Waals surface area contributed by atoms with Crippen molar-refractivity contribution in [3.63, 3.8) is 0 Å². The van der Waals surface area contributed by atoms with Crippen LogP contribution in [0.2, 0.25) is 0 Å². The molecule has 0 spiro atoms. The normalized spacial score (nSPS) is 14.4. The molecule has 28 heavy (non-hydrogen) atoms. The van der Waals surface area contributed by atoms with Crippen LogP contribution < -0.4 is 37.7 Å². The number of aromatic nitrogens is 2. The van der Waals surface area contributed by atoms with Gasteiger partial charge in [0.1, 0.15) is 11.6 Å². The Balaban J connectivity index is 1.89. The molecule has 1 aliphatic heterocycles. The van der Waals surface area contributed by atoms with Crippen LogP contribution in [0.3, 0.4) is 0 Å². The molecule has 0 unspecified atom stereocenters. The highest BCUT2D eigenvalue weighted by molar-refractivity contribution is 5.53. The van der Waals surface area contributed by atoms with Crippen molar-refractivity contribution in [2.45, 2.75) is 45.2 Å². The summed E-state index contributed by atoms with van der Waals surface area (Å²) >= 11 is 0. The molecule has 2 aromatic rings. The number of nitrogens with one attached hydrogen (secondary N) is 5. The third kappa shape index (κ3) is 5.29. The van der Waals surface area contributed by atoms with E-state index < -0.39 is 0 Å². The second-order valence-electron chi connectivity index (χ2n) is 6.75. The summed E-state index contributed by atoms with van der Waals surface area (Å²) in [5, 5.41) is 3.45. The van der Waals surface area contributed by atoms with Gasteiger partial charge in [0.05, 0.1) is 19.0 Å². The van der Waals surface area contributed by atoms with Gasteiger partial charge in [-0.2, -0.15) is 16.1 Å². The molecule has 3 rings (SSSR count). The number of para-hydroxylation sites is 1. The minimum absolute atomic E-state index is 0.104. The van der Waals surface area contributed by atoms with Gasteiger partial charge in [-0.3, -0.25) is 0 Å². The molecule has 9 nitrogen and oxygen atoms in total. The molecule has 0 atom stereocenters. The zero-order valence-electron chi connectivity index (χ0n) is 16.5. The van der Waals surface area contributed by atoms with E-state index in [4.69, 9.17) is 10.5 Å². The Kier molecular flexibility index (Phi) is 7.38. The fraction of sp³-hybridized carbons (Fsp3) is 0.474. The van der Waals surface area contributed by atoms with Gasteiger partial charge in [0.15, 0.2) is 0 Å². The molecule has 0 radical (unpaired) electrons. The predicted octanol–water partition coefficient (Wildman–Crippen LogP) is 1.25. The van der Waals surface area contributed by atoms with E-state index >= 15 is 0 Å². The van der Waals surface area contributed by atoms with Crippen molar-refractivity contribution in [3.8, 4) is 5.75 Å². The van der Waals surface area contributed by atoms with Crippen LogP contribution in [0, 0.1) is 0 Å². The van der Waals surface area contributed by atoms with E-state index in [1.165, 1.54) is 0 Å². The average molecular weight is 387 g/mol. The third-order valence-corrected chi connectivity index (χ3v) is 4.72. The quantitative estimate of drug-likeness (QED) is 0.335. The number of hydrogen-bond acceptors (Lipinski definition) is 9. The molecule has 0 aliphatic carbocycles. The van der Waals surface area contributed by atoms with Crippen molar-refractivity contribution in [2.75, 3.05) is 24.7 Å². The van der Waals surface area contributed by atoms with Crippen LogP contribution in [0.5, 0.6) is 5.75 Å². The van der Waals surface area contributed by atoms with Crippen LogP contribution in [0.4, 0.5) is 11.8 Å². The number of rotatable bonds is 10. The minimum atomic E-state index is 0.104. The Morgan fingerprint density at radius 1 is 1.18 bits per heavy atom. The average Bonchev–Trinajstić information content (AvgIpc) is 3.22. The lowest BCUT2D eigenvalue weighted by Crippen LogP contribution is -2.34. The van der Waals surface area contributed by atoms with Gasteiger partial charge in [0, 0.05) is 18.5 Å². The number of unbranched alkanes of at least 4 members (excludes halogenated alkanes) is 1. The van der Waals surface area contributed by atoms with E-state index in [0.29, 0.717) is 12.4 Å². The molecule has 1 aromatic carbocycles. The maximum atomic E-state index is 6.02. The summed E-state index contributed by atoms with van der Waals surface area (Å²) in [5.41, 5.74) is 21.0. The molecule has 2 heterocycles. The molecular formula is C19H30N8O. The van der Waals surface area contributed by atoms with Gasteiger partial charge < -0.3 is 15.8 Å². The van der Waals surface area contributed by atoms with E-state index in [2.05, 4.69) is 50.2 Å². The SMILES string of the molecule is CCCCNc1nc(N)nc(CCC2NNNN2)c1Cc1ccccc1OC. The lowest BCUT2D eigenvalue weighted by atomic mass is 10.00. The number of hydrazine groups is 3. The lowest BCUT2D eigenvalue weighted by Gasteiger charge is -2.18. The highest BCUT2D eigenvalue weighted by Gasteiger charge is 2.19. The van der Waals surface area contributed by atoms with Crippen LogP contribution >= 0.6 is 0 Å². The first-order valence-corrected chi connectivity index (χ1v) is 9.73. The van der Waals surface area contributed by atoms with Crippen molar-refractivity contribution in [1.29, 1.82) is 0 Å². The maximum Gasteiger partial charge on any atom is 0.222 e. The summed E-state index contributed by atoms with van der Waals surface area (Å²) in [6.45, 7) is 3.02. The molecule has 7 N–H and O–H groups in total. The van der Waals surface area contributed by atoms with Gasteiger partial charge in [-0.25, -0.2) is 15.8 Å². The Bertz CT molecular complexity index is 764. The Labute approximate surface area is 165 Å². The molecule has 1 saturated heterocycles. The topological polar surface area (TPSA) is 121 Å². The standard InChI is InChI=1S/C19H30N8O/c1-3-4-11-21-18-14(12-13-7-5-6-8-16(13)28-2)15(22-19(20)23-18)9-10-17-24-26-27-25-17/h5-8,17,24-27H,3-4,9-12H2,1-2H3,(H3,20,21,22,23). The maximum absolute atomic E-state index is 6.02. The number of benzene rings is 1. The summed E-state index contributed by atoms with van der Waals surface area (Å²) in [6.07, 6.45) is 4.56. The second kappa shape index (κ2) is 10.2. The molecule has 9 heteroatoms. The zero-order chi connectivity index (χ0) is 19.8. The zero-order valence-corrected chi connectivity index (χ0v) is 16.5. The van der Waals surface area contributed by atoms with Gasteiger partial charge in [0.2, 0.25) is 5.95 Å². The van der Waals surface area contributed by atoms with E-state index in [-0.39, 0.29) is 6.17 Å². The fourth-order valence-electron chi connectivity index (χ4n) is 3.22. The second-order valence-corrected chi connectivity index (χ2v) is 6.75. The van der Waals surface area contributed by atoms with Crippen LogP contribution in [0.25, 0.3) is 0 Å². The number of hydrogen-bond donors (Lipinski definition) is 6. The Morgan fingerprint density at radius 2 is 1.96 bits per heavy atom. The van der Waals surface area contributed by atoms with E-state index in [9.17, 15) is 0 Å². The van der Waals surface area contributed by atoms with Crippen molar-refractivity contribution in [3.05, 3.63) is 41.1 Å². The van der Waals surface area contributed by atoms with Gasteiger partial charge in [-0.1, -0.05) is 31.5 Å². The first kappa shape index (κ1) is 20.3. The largest absolute Gasteiger partial charge is 0.496 e. The molecule has 0 bridgehead atoms. The molecule has 1 fully saturated rings. The first-order valence-electron chi connectivity index (χ1n) is 9.73. The van der Waals surface area contributed by atoms with Crippen LogP contribution in [-0.4, -0.2) is 29.8 Å². The molecule has 0 saturated carbocycles. The number of nitrogens with two attached hydrogens (primary N) is 1. The van der Waals surface area contributed by atoms with Crippen molar-refractivity contribution in [2.24, 2.45) is 0 Å². The molecule has 152 valence electrons. The van der Waals surface area contributed by atoms with Crippen molar-refractivity contribution < 1.29 is 4.74 Å². The van der Waals surface area contributed by atoms with Crippen LogP contribution in [0.15, 0.2) is 24.3 Å². The third-order valence-electron chi connectivity index (χ3n) is 4.72. The number of nitrogens with zero attached hydrogens (tertiary/aromatic N) is 2. The van der Waals surface area contributed by atoms with Crippen LogP contribution in [-0.2, 0) is 12.8 Å². The summed E-state index contributed by atoms with van der Waals surface area (Å²) in [4.78, 5) is 9.06. The monoisotopic (exact) mass is 386 g/mol. The minimum Gasteiger partial charge on any atom is -0.496 e. The Morgan fingerprint density at radius 3 is 2.71 bits per heavy atom. The predicted molar refractivity (Wildman–Crippen MR) is 110 cm³/mol. The number of methoxy groups -OCH3 is 1. The summed E-state index contributed by atoms with van der Waals surface area (Å²) in [6, 6.07) is 8.04.